The van der Waals surface area contributed by atoms with Gasteiger partial charge in [0.2, 0.25) is 0 Å². The number of amides is 1. The van der Waals surface area contributed by atoms with Gasteiger partial charge in [0, 0.05) is 0 Å². The van der Waals surface area contributed by atoms with Gasteiger partial charge >= 0.3 is 0 Å². The Morgan fingerprint density at radius 3 is 2.63 bits per heavy atom. The van der Waals surface area contributed by atoms with E-state index in [-0.39, 0.29) is 5.91 Å². The molecule has 0 radical (unpaired) electrons. The number of piperidine rings is 1. The Kier molecular flexibility index (Phi) is 5.10. The molecule has 19 heavy (non-hydrogen) atoms. The molecule has 1 aromatic rings. The lowest BCUT2D eigenvalue weighted by atomic mass is 10.1. The largest absolute Gasteiger partial charge is 0.327 e. The molecule has 0 unspecified atom stereocenters. The van der Waals surface area contributed by atoms with E-state index < -0.39 is 0 Å². The van der Waals surface area contributed by atoms with Crippen molar-refractivity contribution in [3.63, 3.8) is 0 Å². The summed E-state index contributed by atoms with van der Waals surface area (Å²) in [7, 11) is 0. The number of hydrogen-bond donors (Lipinski definition) is 2. The molecular weight excluding hydrogens is 238 g/mol. The summed E-state index contributed by atoms with van der Waals surface area (Å²) in [4.78, 5) is 13.1. The van der Waals surface area contributed by atoms with Gasteiger partial charge in [0.1, 0.15) is 0 Å². The van der Waals surface area contributed by atoms with Crippen LogP contribution in [0.2, 0.25) is 0 Å². The Labute approximate surface area is 114 Å². The van der Waals surface area contributed by atoms with Crippen molar-refractivity contribution in [1.82, 2.24) is 5.43 Å². The maximum Gasteiger partial charge on any atom is 0.295 e. The van der Waals surface area contributed by atoms with Crippen LogP contribution >= 0.6 is 0 Å². The van der Waals surface area contributed by atoms with Gasteiger partial charge in [-0.1, -0.05) is 29.8 Å². The number of nitrogens with one attached hydrogen (secondary N) is 2. The SMILES string of the molecule is Cc1ccc(/C=N\NC(=O)C[NH+]2CCCCC2)cc1. The lowest BCUT2D eigenvalue weighted by molar-refractivity contribution is -0.896. The van der Waals surface area contributed by atoms with Gasteiger partial charge < -0.3 is 4.90 Å². The molecule has 1 aliphatic rings. The van der Waals surface area contributed by atoms with E-state index in [2.05, 4.69) is 10.5 Å². The van der Waals surface area contributed by atoms with E-state index in [4.69, 9.17) is 0 Å². The Balaban J connectivity index is 1.74. The van der Waals surface area contributed by atoms with Gasteiger partial charge in [-0.2, -0.15) is 5.10 Å². The van der Waals surface area contributed by atoms with Crippen LogP contribution in [0.4, 0.5) is 0 Å². The first-order valence-corrected chi connectivity index (χ1v) is 6.96. The summed E-state index contributed by atoms with van der Waals surface area (Å²) in [6.45, 7) is 4.79. The number of nitrogens with zero attached hydrogens (tertiary/aromatic N) is 1. The topological polar surface area (TPSA) is 45.9 Å². The van der Waals surface area contributed by atoms with Crippen LogP contribution in [-0.4, -0.2) is 31.8 Å². The van der Waals surface area contributed by atoms with Crippen LogP contribution in [0.3, 0.4) is 0 Å². The van der Waals surface area contributed by atoms with Crippen LogP contribution < -0.4 is 10.3 Å². The maximum absolute atomic E-state index is 11.7. The fourth-order valence-electron chi connectivity index (χ4n) is 2.33. The Bertz CT molecular complexity index is 433. The lowest BCUT2D eigenvalue weighted by Gasteiger charge is -2.22. The number of benzene rings is 1. The summed E-state index contributed by atoms with van der Waals surface area (Å²) in [6.07, 6.45) is 5.45. The van der Waals surface area contributed by atoms with Crippen LogP contribution in [0, 0.1) is 6.92 Å². The highest BCUT2D eigenvalue weighted by Crippen LogP contribution is 1.99. The molecule has 0 atom stereocenters. The molecule has 4 nitrogen and oxygen atoms in total. The highest BCUT2D eigenvalue weighted by molar-refractivity contribution is 5.82. The van der Waals surface area contributed by atoms with E-state index in [1.807, 2.05) is 31.2 Å². The molecule has 0 aromatic heterocycles. The van der Waals surface area contributed by atoms with Crippen molar-refractivity contribution in [1.29, 1.82) is 0 Å². The molecule has 2 rings (SSSR count). The van der Waals surface area contributed by atoms with Crippen LogP contribution in [0.25, 0.3) is 0 Å². The molecule has 1 amide bonds. The van der Waals surface area contributed by atoms with Crippen LogP contribution in [0.5, 0.6) is 0 Å². The summed E-state index contributed by atoms with van der Waals surface area (Å²) in [5, 5.41) is 4.00. The van der Waals surface area contributed by atoms with Crippen molar-refractivity contribution in [2.75, 3.05) is 19.6 Å². The molecule has 1 saturated heterocycles. The number of carbonyl (C=O) groups excluding carboxylic acids is 1. The smallest absolute Gasteiger partial charge is 0.295 e. The second-order valence-electron chi connectivity index (χ2n) is 5.19. The summed E-state index contributed by atoms with van der Waals surface area (Å²) < 4.78 is 0. The molecule has 0 bridgehead atoms. The number of aryl methyl sites for hydroxylation is 1. The minimum Gasteiger partial charge on any atom is -0.327 e. The number of rotatable bonds is 4. The fraction of sp³-hybridized carbons (Fsp3) is 0.467. The van der Waals surface area contributed by atoms with E-state index in [0.717, 1.165) is 18.7 Å². The third-order valence-electron chi connectivity index (χ3n) is 3.45. The number of quaternary nitrogens is 1. The van der Waals surface area contributed by atoms with Gasteiger partial charge in [-0.05, 0) is 31.7 Å². The minimum absolute atomic E-state index is 0.000242. The molecule has 0 spiro atoms. The second-order valence-corrected chi connectivity index (χ2v) is 5.19. The van der Waals surface area contributed by atoms with Crippen molar-refractivity contribution in [3.05, 3.63) is 35.4 Å². The molecule has 1 aliphatic heterocycles. The normalized spacial score (nSPS) is 16.7. The van der Waals surface area contributed by atoms with Gasteiger partial charge in [0.25, 0.3) is 5.91 Å². The molecule has 0 saturated carbocycles. The molecule has 102 valence electrons. The van der Waals surface area contributed by atoms with E-state index in [1.165, 1.54) is 29.7 Å². The van der Waals surface area contributed by atoms with Crippen LogP contribution in [-0.2, 0) is 4.79 Å². The van der Waals surface area contributed by atoms with Crippen LogP contribution in [0.1, 0.15) is 30.4 Å². The highest BCUT2D eigenvalue weighted by Gasteiger charge is 2.16. The van der Waals surface area contributed by atoms with E-state index in [1.54, 1.807) is 6.21 Å². The first-order valence-electron chi connectivity index (χ1n) is 6.96. The van der Waals surface area contributed by atoms with Gasteiger partial charge in [0.05, 0.1) is 19.3 Å². The molecule has 2 N–H and O–H groups in total. The summed E-state index contributed by atoms with van der Waals surface area (Å²) in [6, 6.07) is 8.03. The molecular formula is C15H22N3O+. The van der Waals surface area contributed by atoms with Crippen molar-refractivity contribution in [2.45, 2.75) is 26.2 Å². The average Bonchev–Trinajstić information content (AvgIpc) is 2.42. The monoisotopic (exact) mass is 260 g/mol. The average molecular weight is 260 g/mol. The van der Waals surface area contributed by atoms with E-state index in [0.29, 0.717) is 6.54 Å². The standard InChI is InChI=1S/C15H21N3O/c1-13-5-7-14(8-6-13)11-16-17-15(19)12-18-9-3-2-4-10-18/h5-8,11H,2-4,9-10,12H2,1H3,(H,17,19)/p+1/b16-11-. The van der Waals surface area contributed by atoms with Gasteiger partial charge in [-0.3, -0.25) is 4.79 Å². The van der Waals surface area contributed by atoms with Crippen molar-refractivity contribution >= 4 is 12.1 Å². The number of carbonyl (C=O) groups is 1. The fourth-order valence-corrected chi connectivity index (χ4v) is 2.33. The Morgan fingerprint density at radius 1 is 1.26 bits per heavy atom. The summed E-state index contributed by atoms with van der Waals surface area (Å²) in [5.74, 6) is 0.000242. The first-order chi connectivity index (χ1) is 9.24. The predicted molar refractivity (Wildman–Crippen MR) is 76.3 cm³/mol. The molecule has 1 aromatic carbocycles. The zero-order valence-corrected chi connectivity index (χ0v) is 11.5. The lowest BCUT2D eigenvalue weighted by Crippen LogP contribution is -3.13. The van der Waals surface area contributed by atoms with Gasteiger partial charge in [0.15, 0.2) is 6.54 Å². The van der Waals surface area contributed by atoms with Crippen LogP contribution in [0.15, 0.2) is 29.4 Å². The van der Waals surface area contributed by atoms with Crippen molar-refractivity contribution in [3.8, 4) is 0 Å². The van der Waals surface area contributed by atoms with E-state index in [9.17, 15) is 4.79 Å². The zero-order chi connectivity index (χ0) is 13.5. The van der Waals surface area contributed by atoms with E-state index >= 15 is 0 Å². The zero-order valence-electron chi connectivity index (χ0n) is 11.5. The molecule has 1 fully saturated rings. The highest BCUT2D eigenvalue weighted by atomic mass is 16.2. The summed E-state index contributed by atoms with van der Waals surface area (Å²) in [5.41, 5.74) is 4.82. The third-order valence-corrected chi connectivity index (χ3v) is 3.45. The number of likely N-dealkylation sites (tertiary alicyclic amines) is 1. The first kappa shape index (κ1) is 13.7. The number of hydrogen-bond acceptors (Lipinski definition) is 2. The van der Waals surface area contributed by atoms with Gasteiger partial charge in [-0.15, -0.1) is 0 Å². The molecule has 4 heteroatoms. The van der Waals surface area contributed by atoms with Crippen molar-refractivity contribution in [2.24, 2.45) is 5.10 Å². The maximum atomic E-state index is 11.7. The van der Waals surface area contributed by atoms with Gasteiger partial charge in [-0.25, -0.2) is 5.43 Å². The third kappa shape index (κ3) is 4.83. The second kappa shape index (κ2) is 7.04. The number of hydrazone groups is 1. The molecule has 0 aliphatic carbocycles. The predicted octanol–water partition coefficient (Wildman–Crippen LogP) is 0.514. The van der Waals surface area contributed by atoms with Crippen molar-refractivity contribution < 1.29 is 9.69 Å². The Hall–Kier alpha value is -1.68. The molecule has 1 heterocycles. The minimum atomic E-state index is 0.000242. The quantitative estimate of drug-likeness (QED) is 0.601. The summed E-state index contributed by atoms with van der Waals surface area (Å²) >= 11 is 0. The Morgan fingerprint density at radius 2 is 1.95 bits per heavy atom.